The van der Waals surface area contributed by atoms with E-state index in [0.29, 0.717) is 24.0 Å². The number of aliphatic carboxylic acids is 1. The average molecular weight is 275 g/mol. The summed E-state index contributed by atoms with van der Waals surface area (Å²) in [4.78, 5) is 10.3. The van der Waals surface area contributed by atoms with E-state index in [1.54, 1.807) is 19.1 Å². The van der Waals surface area contributed by atoms with Crippen molar-refractivity contribution in [1.82, 2.24) is 0 Å². The first-order valence-corrected chi connectivity index (χ1v) is 5.47. The van der Waals surface area contributed by atoms with Gasteiger partial charge in [0.25, 0.3) is 0 Å². The van der Waals surface area contributed by atoms with E-state index in [2.05, 4.69) is 15.9 Å². The molecule has 1 aromatic carbocycles. The molecule has 0 fully saturated rings. The Bertz CT molecular complexity index is 377. The molecule has 0 aromatic heterocycles. The lowest BCUT2D eigenvalue weighted by atomic mass is 10.0. The summed E-state index contributed by atoms with van der Waals surface area (Å²) in [5, 5.41) is 8.46. The van der Waals surface area contributed by atoms with E-state index in [4.69, 9.17) is 5.11 Å². The number of hydrogen-bond donors (Lipinski definition) is 1. The van der Waals surface area contributed by atoms with E-state index in [1.165, 1.54) is 0 Å². The number of halogens is 2. The molecule has 0 saturated heterocycles. The van der Waals surface area contributed by atoms with Crippen LogP contribution < -0.4 is 0 Å². The van der Waals surface area contributed by atoms with Crippen molar-refractivity contribution in [2.75, 3.05) is 0 Å². The van der Waals surface area contributed by atoms with Crippen LogP contribution in [0.5, 0.6) is 0 Å². The van der Waals surface area contributed by atoms with Crippen LogP contribution in [-0.4, -0.2) is 11.1 Å². The van der Waals surface area contributed by atoms with Gasteiger partial charge < -0.3 is 5.11 Å². The van der Waals surface area contributed by atoms with Crippen LogP contribution in [0.25, 0.3) is 0 Å². The minimum atomic E-state index is -0.843. The maximum atomic E-state index is 13.6. The molecule has 1 aromatic rings. The van der Waals surface area contributed by atoms with Crippen molar-refractivity contribution in [3.8, 4) is 0 Å². The fourth-order valence-electron chi connectivity index (χ4n) is 1.34. The van der Waals surface area contributed by atoms with Gasteiger partial charge in [-0.3, -0.25) is 4.79 Å². The predicted molar refractivity (Wildman–Crippen MR) is 59.4 cm³/mol. The van der Waals surface area contributed by atoms with Gasteiger partial charge in [-0.15, -0.1) is 0 Å². The number of rotatable bonds is 4. The summed E-state index contributed by atoms with van der Waals surface area (Å²) in [5.74, 6) is -1.08. The summed E-state index contributed by atoms with van der Waals surface area (Å²) in [6.07, 6.45) is 1.01. The molecule has 0 aliphatic heterocycles. The molecule has 0 aliphatic carbocycles. The van der Waals surface area contributed by atoms with Gasteiger partial charge in [0.05, 0.1) is 0 Å². The molecule has 0 unspecified atom stereocenters. The van der Waals surface area contributed by atoms with Crippen LogP contribution >= 0.6 is 15.9 Å². The molecule has 0 heterocycles. The van der Waals surface area contributed by atoms with Crippen molar-refractivity contribution < 1.29 is 14.3 Å². The summed E-state index contributed by atoms with van der Waals surface area (Å²) in [6, 6.07) is 3.47. The minimum absolute atomic E-state index is 0.0779. The highest BCUT2D eigenvalue weighted by Crippen LogP contribution is 2.22. The normalized spacial score (nSPS) is 10.3. The van der Waals surface area contributed by atoms with Gasteiger partial charge in [0.15, 0.2) is 0 Å². The van der Waals surface area contributed by atoms with E-state index >= 15 is 0 Å². The van der Waals surface area contributed by atoms with E-state index in [1.807, 2.05) is 0 Å². The first-order chi connectivity index (χ1) is 7.02. The smallest absolute Gasteiger partial charge is 0.303 e. The maximum absolute atomic E-state index is 13.6. The van der Waals surface area contributed by atoms with Crippen molar-refractivity contribution in [1.29, 1.82) is 0 Å². The van der Waals surface area contributed by atoms with Gasteiger partial charge in [-0.1, -0.05) is 22.0 Å². The van der Waals surface area contributed by atoms with Gasteiger partial charge in [-0.2, -0.15) is 0 Å². The molecule has 0 bridgehead atoms. The molecule has 0 aliphatic rings. The molecule has 82 valence electrons. The first-order valence-electron chi connectivity index (χ1n) is 4.67. The molecule has 0 atom stereocenters. The zero-order chi connectivity index (χ0) is 11.4. The molecular formula is C11H12BrFO2. The van der Waals surface area contributed by atoms with Gasteiger partial charge in [0, 0.05) is 10.9 Å². The summed E-state index contributed by atoms with van der Waals surface area (Å²) in [5.41, 5.74) is 1.15. The molecule has 0 saturated carbocycles. The lowest BCUT2D eigenvalue weighted by Crippen LogP contribution is -1.99. The van der Waals surface area contributed by atoms with Gasteiger partial charge in [-0.25, -0.2) is 4.39 Å². The summed E-state index contributed by atoms with van der Waals surface area (Å²) >= 11 is 3.24. The maximum Gasteiger partial charge on any atom is 0.303 e. The van der Waals surface area contributed by atoms with Crippen LogP contribution in [0.1, 0.15) is 24.0 Å². The SMILES string of the molecule is Cc1c(Br)ccc(CCCC(=O)O)c1F. The van der Waals surface area contributed by atoms with Crippen molar-refractivity contribution in [2.45, 2.75) is 26.2 Å². The summed E-state index contributed by atoms with van der Waals surface area (Å²) < 4.78 is 14.3. The number of carbonyl (C=O) groups is 1. The first kappa shape index (κ1) is 12.2. The third-order valence-electron chi connectivity index (χ3n) is 2.24. The van der Waals surface area contributed by atoms with Crippen LogP contribution in [0.3, 0.4) is 0 Å². The van der Waals surface area contributed by atoms with Crippen molar-refractivity contribution in [3.63, 3.8) is 0 Å². The molecule has 0 radical (unpaired) electrons. The highest BCUT2D eigenvalue weighted by Gasteiger charge is 2.08. The van der Waals surface area contributed by atoms with Crippen LogP contribution in [0.15, 0.2) is 16.6 Å². The Morgan fingerprint density at radius 1 is 1.53 bits per heavy atom. The third-order valence-corrected chi connectivity index (χ3v) is 3.10. The molecular weight excluding hydrogens is 263 g/mol. The van der Waals surface area contributed by atoms with Crippen LogP contribution in [0, 0.1) is 12.7 Å². The highest BCUT2D eigenvalue weighted by atomic mass is 79.9. The van der Waals surface area contributed by atoms with Gasteiger partial charge in [0.2, 0.25) is 0 Å². The largest absolute Gasteiger partial charge is 0.481 e. The number of hydrogen-bond acceptors (Lipinski definition) is 1. The number of carboxylic acid groups (broad SMARTS) is 1. The molecule has 15 heavy (non-hydrogen) atoms. The highest BCUT2D eigenvalue weighted by molar-refractivity contribution is 9.10. The third kappa shape index (κ3) is 3.30. The molecule has 0 amide bonds. The van der Waals surface area contributed by atoms with Crippen LogP contribution in [0.4, 0.5) is 4.39 Å². The fourth-order valence-corrected chi connectivity index (χ4v) is 1.65. The average Bonchev–Trinajstić information content (AvgIpc) is 2.18. The number of carboxylic acids is 1. The topological polar surface area (TPSA) is 37.3 Å². The quantitative estimate of drug-likeness (QED) is 0.915. The molecule has 1 N–H and O–H groups in total. The fraction of sp³-hybridized carbons (Fsp3) is 0.364. The standard InChI is InChI=1S/C11H12BrFO2/c1-7-9(12)6-5-8(11(7)13)3-2-4-10(14)15/h5-6H,2-4H2,1H3,(H,14,15). The van der Waals surface area contributed by atoms with Crippen molar-refractivity contribution in [3.05, 3.63) is 33.5 Å². The monoisotopic (exact) mass is 274 g/mol. The summed E-state index contributed by atoms with van der Waals surface area (Å²) in [6.45, 7) is 1.69. The van der Waals surface area contributed by atoms with E-state index in [9.17, 15) is 9.18 Å². The summed E-state index contributed by atoms with van der Waals surface area (Å²) in [7, 11) is 0. The second kappa shape index (κ2) is 5.26. The van der Waals surface area contributed by atoms with Crippen molar-refractivity contribution in [2.24, 2.45) is 0 Å². The van der Waals surface area contributed by atoms with E-state index in [0.717, 1.165) is 4.47 Å². The van der Waals surface area contributed by atoms with Crippen LogP contribution in [0.2, 0.25) is 0 Å². The Kier molecular flexibility index (Phi) is 4.27. The Hall–Kier alpha value is -0.900. The Morgan fingerprint density at radius 3 is 2.80 bits per heavy atom. The molecule has 1 rings (SSSR count). The minimum Gasteiger partial charge on any atom is -0.481 e. The molecule has 4 heteroatoms. The second-order valence-electron chi connectivity index (χ2n) is 3.39. The second-order valence-corrected chi connectivity index (χ2v) is 4.25. The Labute approximate surface area is 96.2 Å². The Morgan fingerprint density at radius 2 is 2.20 bits per heavy atom. The lowest BCUT2D eigenvalue weighted by Gasteiger charge is -2.06. The lowest BCUT2D eigenvalue weighted by molar-refractivity contribution is -0.137. The van der Waals surface area contributed by atoms with Gasteiger partial charge >= 0.3 is 5.97 Å². The zero-order valence-corrected chi connectivity index (χ0v) is 9.97. The predicted octanol–water partition coefficient (Wildman–Crippen LogP) is 3.30. The van der Waals surface area contributed by atoms with E-state index in [-0.39, 0.29) is 12.2 Å². The zero-order valence-electron chi connectivity index (χ0n) is 8.39. The molecule has 0 spiro atoms. The van der Waals surface area contributed by atoms with Gasteiger partial charge in [-0.05, 0) is 37.0 Å². The number of benzene rings is 1. The van der Waals surface area contributed by atoms with Crippen LogP contribution in [-0.2, 0) is 11.2 Å². The van der Waals surface area contributed by atoms with E-state index < -0.39 is 5.97 Å². The number of aryl methyl sites for hydroxylation is 1. The van der Waals surface area contributed by atoms with Gasteiger partial charge in [0.1, 0.15) is 5.82 Å². The van der Waals surface area contributed by atoms with Crippen molar-refractivity contribution >= 4 is 21.9 Å². The molecule has 2 nitrogen and oxygen atoms in total. The Balaban J connectivity index is 2.70.